The van der Waals surface area contributed by atoms with Gasteiger partial charge in [-0.25, -0.2) is 14.8 Å². The fraction of sp³-hybridized carbons (Fsp3) is 0.294. The Labute approximate surface area is 144 Å². The zero-order valence-electron chi connectivity index (χ0n) is 13.6. The van der Waals surface area contributed by atoms with Gasteiger partial charge in [0.05, 0.1) is 0 Å². The highest BCUT2D eigenvalue weighted by atomic mass is 16.4. The maximum Gasteiger partial charge on any atom is 0.404 e. The van der Waals surface area contributed by atoms with Crippen molar-refractivity contribution < 1.29 is 14.7 Å². The zero-order chi connectivity index (χ0) is 17.6. The lowest BCUT2D eigenvalue weighted by Gasteiger charge is -2.31. The van der Waals surface area contributed by atoms with Gasteiger partial charge >= 0.3 is 6.09 Å². The van der Waals surface area contributed by atoms with Crippen LogP contribution < -0.4 is 10.6 Å². The molecule has 0 saturated carbocycles. The molecule has 3 rings (SSSR count). The Balaban J connectivity index is 1.63. The molecule has 1 saturated heterocycles. The van der Waals surface area contributed by atoms with E-state index in [2.05, 4.69) is 20.6 Å². The summed E-state index contributed by atoms with van der Waals surface area (Å²) in [6, 6.07) is 11.0. The van der Waals surface area contributed by atoms with Crippen LogP contribution in [0.4, 0.5) is 16.4 Å². The van der Waals surface area contributed by atoms with Crippen LogP contribution in [-0.4, -0.2) is 51.1 Å². The van der Waals surface area contributed by atoms with Gasteiger partial charge in [0.1, 0.15) is 5.69 Å². The Hall–Kier alpha value is -3.16. The van der Waals surface area contributed by atoms with E-state index in [0.29, 0.717) is 37.6 Å². The molecule has 0 unspecified atom stereocenters. The SMILES string of the molecule is O=C(O)NC1CCN(C(=O)c2ccnc(Nc3ccccc3)n2)CC1. The maximum absolute atomic E-state index is 12.6. The van der Waals surface area contributed by atoms with E-state index in [1.54, 1.807) is 17.2 Å². The van der Waals surface area contributed by atoms with Crippen LogP contribution in [0.5, 0.6) is 0 Å². The minimum atomic E-state index is -1.03. The van der Waals surface area contributed by atoms with Crippen LogP contribution in [0.3, 0.4) is 0 Å². The van der Waals surface area contributed by atoms with Crippen LogP contribution in [-0.2, 0) is 0 Å². The molecule has 25 heavy (non-hydrogen) atoms. The minimum Gasteiger partial charge on any atom is -0.465 e. The van der Waals surface area contributed by atoms with Gasteiger partial charge in [-0.2, -0.15) is 0 Å². The first-order valence-electron chi connectivity index (χ1n) is 8.05. The third kappa shape index (κ3) is 4.43. The van der Waals surface area contributed by atoms with E-state index in [1.165, 1.54) is 0 Å². The van der Waals surface area contributed by atoms with Crippen LogP contribution in [0.1, 0.15) is 23.3 Å². The van der Waals surface area contributed by atoms with E-state index in [4.69, 9.17) is 5.11 Å². The molecule has 130 valence electrons. The second-order valence-corrected chi connectivity index (χ2v) is 5.77. The normalized spacial score (nSPS) is 14.8. The molecular weight excluding hydrogens is 322 g/mol. The van der Waals surface area contributed by atoms with E-state index in [0.717, 1.165) is 5.69 Å². The summed E-state index contributed by atoms with van der Waals surface area (Å²) in [5.74, 6) is 0.187. The van der Waals surface area contributed by atoms with E-state index < -0.39 is 6.09 Å². The third-order valence-electron chi connectivity index (χ3n) is 4.01. The number of nitrogens with one attached hydrogen (secondary N) is 2. The molecule has 1 aromatic heterocycles. The number of aromatic nitrogens is 2. The first-order chi connectivity index (χ1) is 12.1. The minimum absolute atomic E-state index is 0.109. The number of para-hydroxylation sites is 1. The number of likely N-dealkylation sites (tertiary alicyclic amines) is 1. The second-order valence-electron chi connectivity index (χ2n) is 5.77. The van der Waals surface area contributed by atoms with Crippen molar-refractivity contribution in [2.75, 3.05) is 18.4 Å². The lowest BCUT2D eigenvalue weighted by molar-refractivity contribution is 0.0700. The highest BCUT2D eigenvalue weighted by molar-refractivity contribution is 5.92. The fourth-order valence-corrected chi connectivity index (χ4v) is 2.75. The summed E-state index contributed by atoms with van der Waals surface area (Å²) in [5.41, 5.74) is 1.16. The molecule has 0 radical (unpaired) electrons. The molecule has 2 heterocycles. The van der Waals surface area contributed by atoms with Crippen molar-refractivity contribution in [3.63, 3.8) is 0 Å². The number of nitrogens with zero attached hydrogens (tertiary/aromatic N) is 3. The van der Waals surface area contributed by atoms with Gasteiger partial charge < -0.3 is 20.6 Å². The van der Waals surface area contributed by atoms with Crippen LogP contribution >= 0.6 is 0 Å². The molecule has 3 N–H and O–H groups in total. The Morgan fingerprint density at radius 2 is 1.84 bits per heavy atom. The summed E-state index contributed by atoms with van der Waals surface area (Å²) in [6.45, 7) is 0.991. The number of anilines is 2. The van der Waals surface area contributed by atoms with Crippen LogP contribution in [0.2, 0.25) is 0 Å². The number of carbonyl (C=O) groups is 2. The van der Waals surface area contributed by atoms with Gasteiger partial charge in [0.2, 0.25) is 5.95 Å². The number of carboxylic acid groups (broad SMARTS) is 1. The van der Waals surface area contributed by atoms with Crippen LogP contribution in [0.15, 0.2) is 42.6 Å². The van der Waals surface area contributed by atoms with Gasteiger partial charge in [0.15, 0.2) is 0 Å². The molecule has 1 aliphatic rings. The third-order valence-corrected chi connectivity index (χ3v) is 4.01. The molecule has 0 aliphatic carbocycles. The molecule has 0 spiro atoms. The molecule has 8 nitrogen and oxygen atoms in total. The summed E-state index contributed by atoms with van der Waals surface area (Å²) in [7, 11) is 0. The van der Waals surface area contributed by atoms with Crippen molar-refractivity contribution >= 4 is 23.6 Å². The fourth-order valence-electron chi connectivity index (χ4n) is 2.75. The number of hydrogen-bond acceptors (Lipinski definition) is 5. The van der Waals surface area contributed by atoms with Gasteiger partial charge in [-0.15, -0.1) is 0 Å². The Morgan fingerprint density at radius 3 is 2.52 bits per heavy atom. The average molecular weight is 341 g/mol. The smallest absolute Gasteiger partial charge is 0.404 e. The summed E-state index contributed by atoms with van der Waals surface area (Å²) in [4.78, 5) is 33.4. The summed E-state index contributed by atoms with van der Waals surface area (Å²) < 4.78 is 0. The number of rotatable bonds is 4. The second kappa shape index (κ2) is 7.61. The standard InChI is InChI=1S/C17H19N5O3/c23-15(22-10-7-13(8-11-22)20-17(24)25)14-6-9-18-16(21-14)19-12-4-2-1-3-5-12/h1-6,9,13,20H,7-8,10-11H2,(H,24,25)(H,18,19,21). The molecule has 2 aromatic rings. The van der Waals surface area contributed by atoms with E-state index in [1.807, 2.05) is 30.3 Å². The average Bonchev–Trinajstić information content (AvgIpc) is 2.62. The van der Waals surface area contributed by atoms with E-state index >= 15 is 0 Å². The van der Waals surface area contributed by atoms with Crippen molar-refractivity contribution in [3.05, 3.63) is 48.3 Å². The first-order valence-corrected chi connectivity index (χ1v) is 8.05. The Kier molecular flexibility index (Phi) is 5.08. The molecule has 8 heteroatoms. The van der Waals surface area contributed by atoms with Gasteiger partial charge in [0.25, 0.3) is 5.91 Å². The van der Waals surface area contributed by atoms with Gasteiger partial charge in [-0.1, -0.05) is 18.2 Å². The largest absolute Gasteiger partial charge is 0.465 e. The van der Waals surface area contributed by atoms with E-state index in [9.17, 15) is 9.59 Å². The highest BCUT2D eigenvalue weighted by Gasteiger charge is 2.25. The number of carbonyl (C=O) groups excluding carboxylic acids is 1. The lowest BCUT2D eigenvalue weighted by atomic mass is 10.0. The number of amides is 2. The number of benzene rings is 1. The predicted octanol–water partition coefficient (Wildman–Crippen LogP) is 2.09. The highest BCUT2D eigenvalue weighted by Crippen LogP contribution is 2.15. The summed E-state index contributed by atoms with van der Waals surface area (Å²) in [5, 5.41) is 14.3. The van der Waals surface area contributed by atoms with Gasteiger partial charge in [-0.05, 0) is 31.0 Å². The first kappa shape index (κ1) is 16.7. The molecule has 1 aromatic carbocycles. The summed E-state index contributed by atoms with van der Waals surface area (Å²) >= 11 is 0. The monoisotopic (exact) mass is 341 g/mol. The molecule has 0 atom stereocenters. The molecule has 1 fully saturated rings. The van der Waals surface area contributed by atoms with E-state index in [-0.39, 0.29) is 11.9 Å². The maximum atomic E-state index is 12.6. The summed E-state index contributed by atoms with van der Waals surface area (Å²) in [6.07, 6.45) is 1.71. The number of piperidine rings is 1. The zero-order valence-corrected chi connectivity index (χ0v) is 13.6. The van der Waals surface area contributed by atoms with Crippen molar-refractivity contribution in [2.24, 2.45) is 0 Å². The number of hydrogen-bond donors (Lipinski definition) is 3. The quantitative estimate of drug-likeness (QED) is 0.786. The lowest BCUT2D eigenvalue weighted by Crippen LogP contribution is -2.46. The van der Waals surface area contributed by atoms with Crippen molar-refractivity contribution in [3.8, 4) is 0 Å². The van der Waals surface area contributed by atoms with Crippen molar-refractivity contribution in [1.29, 1.82) is 0 Å². The molecule has 1 aliphatic heterocycles. The van der Waals surface area contributed by atoms with Gasteiger partial charge in [0, 0.05) is 31.0 Å². The molecule has 2 amide bonds. The van der Waals surface area contributed by atoms with Crippen molar-refractivity contribution in [1.82, 2.24) is 20.2 Å². The predicted molar refractivity (Wildman–Crippen MR) is 91.8 cm³/mol. The Morgan fingerprint density at radius 1 is 1.12 bits per heavy atom. The molecule has 0 bridgehead atoms. The topological polar surface area (TPSA) is 107 Å². The van der Waals surface area contributed by atoms with Crippen LogP contribution in [0, 0.1) is 0 Å². The van der Waals surface area contributed by atoms with Crippen LogP contribution in [0.25, 0.3) is 0 Å². The molecular formula is C17H19N5O3. The Bertz CT molecular complexity index is 745. The van der Waals surface area contributed by atoms with Gasteiger partial charge in [-0.3, -0.25) is 4.79 Å². The van der Waals surface area contributed by atoms with Crippen molar-refractivity contribution in [2.45, 2.75) is 18.9 Å².